The van der Waals surface area contributed by atoms with E-state index in [-0.39, 0.29) is 11.3 Å². The van der Waals surface area contributed by atoms with Gasteiger partial charge in [-0.1, -0.05) is 18.2 Å². The number of aryl methyl sites for hydroxylation is 1. The Kier molecular flexibility index (Phi) is 3.94. The molecule has 0 heterocycles. The fourth-order valence-electron chi connectivity index (χ4n) is 2.26. The third-order valence-electron chi connectivity index (χ3n) is 3.30. The van der Waals surface area contributed by atoms with Crippen molar-refractivity contribution in [3.05, 3.63) is 53.6 Å². The minimum Gasteiger partial charge on any atom is -0.478 e. The molecule has 0 atom stereocenters. The highest BCUT2D eigenvalue weighted by Crippen LogP contribution is 2.30. The number of para-hydroxylation sites is 1. The smallest absolute Gasteiger partial charge is 0.337 e. The van der Waals surface area contributed by atoms with E-state index in [0.717, 1.165) is 23.5 Å². The monoisotopic (exact) mass is 270 g/mol. The first-order valence-electron chi connectivity index (χ1n) is 6.50. The van der Waals surface area contributed by atoms with Gasteiger partial charge in [-0.15, -0.1) is 0 Å². The van der Waals surface area contributed by atoms with Crippen molar-refractivity contribution in [1.29, 1.82) is 0 Å². The summed E-state index contributed by atoms with van der Waals surface area (Å²) in [6.45, 7) is 4.81. The van der Waals surface area contributed by atoms with Crippen LogP contribution in [0.25, 0.3) is 0 Å². The van der Waals surface area contributed by atoms with Gasteiger partial charge in [0, 0.05) is 23.6 Å². The Morgan fingerprint density at radius 3 is 2.55 bits per heavy atom. The summed E-state index contributed by atoms with van der Waals surface area (Å²) in [4.78, 5) is 13.3. The van der Waals surface area contributed by atoms with Gasteiger partial charge in [0.1, 0.15) is 0 Å². The second kappa shape index (κ2) is 5.65. The Morgan fingerprint density at radius 1 is 1.25 bits per heavy atom. The minimum absolute atomic E-state index is 0.134. The molecule has 0 radical (unpaired) electrons. The molecule has 0 unspecified atom stereocenters. The number of anilines is 3. The van der Waals surface area contributed by atoms with E-state index in [1.54, 1.807) is 12.1 Å². The molecule has 0 aliphatic rings. The summed E-state index contributed by atoms with van der Waals surface area (Å²) in [7, 11) is 0. The molecular weight excluding hydrogens is 252 g/mol. The van der Waals surface area contributed by atoms with Crippen LogP contribution in [-0.4, -0.2) is 17.6 Å². The maximum absolute atomic E-state index is 11.2. The molecule has 2 aromatic rings. The van der Waals surface area contributed by atoms with E-state index in [1.165, 1.54) is 0 Å². The van der Waals surface area contributed by atoms with Crippen molar-refractivity contribution in [1.82, 2.24) is 0 Å². The Bertz CT molecular complexity index is 638. The number of nitrogens with zero attached hydrogens (tertiary/aromatic N) is 1. The van der Waals surface area contributed by atoms with E-state index < -0.39 is 5.97 Å². The fraction of sp³-hybridized carbons (Fsp3) is 0.188. The van der Waals surface area contributed by atoms with E-state index in [9.17, 15) is 9.90 Å². The van der Waals surface area contributed by atoms with Gasteiger partial charge in [0.05, 0.1) is 5.56 Å². The van der Waals surface area contributed by atoms with Crippen LogP contribution in [0.2, 0.25) is 0 Å². The van der Waals surface area contributed by atoms with E-state index in [4.69, 9.17) is 5.73 Å². The average Bonchev–Trinajstić information content (AvgIpc) is 2.43. The van der Waals surface area contributed by atoms with Crippen LogP contribution in [0, 0.1) is 6.92 Å². The van der Waals surface area contributed by atoms with Crippen molar-refractivity contribution in [3.63, 3.8) is 0 Å². The molecule has 4 heteroatoms. The van der Waals surface area contributed by atoms with Gasteiger partial charge in [0.2, 0.25) is 0 Å². The molecule has 0 spiro atoms. The van der Waals surface area contributed by atoms with E-state index in [1.807, 2.05) is 44.2 Å². The molecule has 20 heavy (non-hydrogen) atoms. The number of hydrogen-bond donors (Lipinski definition) is 2. The normalized spacial score (nSPS) is 10.3. The molecule has 0 aromatic heterocycles. The van der Waals surface area contributed by atoms with Crippen LogP contribution >= 0.6 is 0 Å². The summed E-state index contributed by atoms with van der Waals surface area (Å²) < 4.78 is 0. The highest BCUT2D eigenvalue weighted by molar-refractivity contribution is 5.95. The summed E-state index contributed by atoms with van der Waals surface area (Å²) in [5.74, 6) is -1.01. The number of rotatable bonds is 4. The Labute approximate surface area is 118 Å². The summed E-state index contributed by atoms with van der Waals surface area (Å²) in [5, 5.41) is 9.17. The van der Waals surface area contributed by atoms with Crippen LogP contribution in [0.1, 0.15) is 22.8 Å². The summed E-state index contributed by atoms with van der Waals surface area (Å²) >= 11 is 0. The lowest BCUT2D eigenvalue weighted by Crippen LogP contribution is -2.18. The number of hydrogen-bond acceptors (Lipinski definition) is 3. The fourth-order valence-corrected chi connectivity index (χ4v) is 2.26. The van der Waals surface area contributed by atoms with Crippen molar-refractivity contribution in [2.24, 2.45) is 0 Å². The Morgan fingerprint density at radius 2 is 1.95 bits per heavy atom. The van der Waals surface area contributed by atoms with Crippen molar-refractivity contribution in [2.45, 2.75) is 13.8 Å². The largest absolute Gasteiger partial charge is 0.478 e. The van der Waals surface area contributed by atoms with Crippen LogP contribution in [0.15, 0.2) is 42.5 Å². The Balaban J connectivity index is 2.50. The number of benzene rings is 2. The van der Waals surface area contributed by atoms with Crippen LogP contribution in [0.5, 0.6) is 0 Å². The quantitative estimate of drug-likeness (QED) is 0.835. The number of carbonyl (C=O) groups is 1. The third kappa shape index (κ3) is 2.59. The minimum atomic E-state index is -1.01. The first-order valence-corrected chi connectivity index (χ1v) is 6.50. The molecule has 0 bridgehead atoms. The van der Waals surface area contributed by atoms with Gasteiger partial charge in [0.25, 0.3) is 0 Å². The van der Waals surface area contributed by atoms with Crippen molar-refractivity contribution >= 4 is 23.0 Å². The highest BCUT2D eigenvalue weighted by atomic mass is 16.4. The molecular formula is C16H18N2O2. The van der Waals surface area contributed by atoms with Gasteiger partial charge < -0.3 is 15.7 Å². The van der Waals surface area contributed by atoms with E-state index in [2.05, 4.69) is 4.90 Å². The highest BCUT2D eigenvalue weighted by Gasteiger charge is 2.14. The number of aromatic carboxylic acids is 1. The van der Waals surface area contributed by atoms with Gasteiger partial charge in [-0.05, 0) is 43.7 Å². The van der Waals surface area contributed by atoms with Gasteiger partial charge in [-0.2, -0.15) is 0 Å². The number of nitrogens with two attached hydrogens (primary N) is 1. The van der Waals surface area contributed by atoms with E-state index in [0.29, 0.717) is 0 Å². The summed E-state index contributed by atoms with van der Waals surface area (Å²) in [6.07, 6.45) is 0. The maximum atomic E-state index is 11.2. The van der Waals surface area contributed by atoms with Crippen LogP contribution < -0.4 is 10.6 Å². The molecule has 0 aliphatic carbocycles. The summed E-state index contributed by atoms with van der Waals surface area (Å²) in [5.41, 5.74) is 9.15. The third-order valence-corrected chi connectivity index (χ3v) is 3.30. The lowest BCUT2D eigenvalue weighted by atomic mass is 10.1. The molecule has 3 N–H and O–H groups in total. The molecule has 0 aliphatic heterocycles. The van der Waals surface area contributed by atoms with E-state index >= 15 is 0 Å². The first kappa shape index (κ1) is 13.9. The number of nitrogen functional groups attached to an aromatic ring is 1. The van der Waals surface area contributed by atoms with Gasteiger partial charge in [-0.25, -0.2) is 4.79 Å². The van der Waals surface area contributed by atoms with Crippen molar-refractivity contribution < 1.29 is 9.90 Å². The molecule has 104 valence electrons. The lowest BCUT2D eigenvalue weighted by Gasteiger charge is -2.25. The van der Waals surface area contributed by atoms with Gasteiger partial charge >= 0.3 is 5.97 Å². The SMILES string of the molecule is CCN(c1ccc(N)c(C(=O)O)c1)c1ccccc1C. The molecule has 0 saturated heterocycles. The second-order valence-electron chi connectivity index (χ2n) is 4.61. The lowest BCUT2D eigenvalue weighted by molar-refractivity contribution is 0.0698. The van der Waals surface area contributed by atoms with Crippen LogP contribution in [0.3, 0.4) is 0 Å². The predicted molar refractivity (Wildman–Crippen MR) is 81.7 cm³/mol. The van der Waals surface area contributed by atoms with Gasteiger partial charge in [-0.3, -0.25) is 0 Å². The number of carboxylic acid groups (broad SMARTS) is 1. The molecule has 0 amide bonds. The first-order chi connectivity index (χ1) is 9.54. The average molecular weight is 270 g/mol. The molecule has 0 fully saturated rings. The summed E-state index contributed by atoms with van der Waals surface area (Å²) in [6, 6.07) is 13.1. The standard InChI is InChI=1S/C16H18N2O2/c1-3-18(15-7-5-4-6-11(15)2)12-8-9-14(17)13(10-12)16(19)20/h4-10H,3,17H2,1-2H3,(H,19,20). The zero-order valence-corrected chi connectivity index (χ0v) is 11.6. The topological polar surface area (TPSA) is 66.6 Å². The zero-order valence-electron chi connectivity index (χ0n) is 11.6. The van der Waals surface area contributed by atoms with Crippen molar-refractivity contribution in [3.8, 4) is 0 Å². The van der Waals surface area contributed by atoms with Gasteiger partial charge in [0.15, 0.2) is 0 Å². The Hall–Kier alpha value is -2.49. The molecule has 2 rings (SSSR count). The predicted octanol–water partition coefficient (Wildman–Crippen LogP) is 3.43. The molecule has 4 nitrogen and oxygen atoms in total. The number of carboxylic acids is 1. The zero-order chi connectivity index (χ0) is 14.7. The molecule has 2 aromatic carbocycles. The molecule has 0 saturated carbocycles. The maximum Gasteiger partial charge on any atom is 0.337 e. The second-order valence-corrected chi connectivity index (χ2v) is 4.61. The van der Waals surface area contributed by atoms with Crippen molar-refractivity contribution in [2.75, 3.05) is 17.2 Å². The van der Waals surface area contributed by atoms with Crippen LogP contribution in [-0.2, 0) is 0 Å². The van der Waals surface area contributed by atoms with Crippen LogP contribution in [0.4, 0.5) is 17.1 Å².